The summed E-state index contributed by atoms with van der Waals surface area (Å²) in [6.07, 6.45) is 0. The van der Waals surface area contributed by atoms with E-state index in [4.69, 9.17) is 14.2 Å². The molecule has 8 nitrogen and oxygen atoms in total. The van der Waals surface area contributed by atoms with Gasteiger partial charge in [-0.1, -0.05) is 6.07 Å². The molecule has 0 unspecified atom stereocenters. The maximum absolute atomic E-state index is 13.4. The van der Waals surface area contributed by atoms with Crippen LogP contribution in [0.4, 0.5) is 10.1 Å². The summed E-state index contributed by atoms with van der Waals surface area (Å²) in [5, 5.41) is 4.80. The molecular formula is C19H17FN2O6. The molecule has 1 aliphatic heterocycles. The number of benzene rings is 2. The van der Waals surface area contributed by atoms with Gasteiger partial charge in [-0.3, -0.25) is 14.4 Å². The van der Waals surface area contributed by atoms with E-state index in [0.717, 1.165) is 0 Å². The van der Waals surface area contributed by atoms with E-state index in [9.17, 15) is 18.8 Å². The lowest BCUT2D eigenvalue weighted by Gasteiger charge is -2.08. The molecule has 2 aromatic rings. The van der Waals surface area contributed by atoms with Crippen molar-refractivity contribution < 1.29 is 33.0 Å². The largest absolute Gasteiger partial charge is 0.454 e. The van der Waals surface area contributed by atoms with Crippen molar-refractivity contribution in [3.8, 4) is 11.5 Å². The minimum atomic E-state index is -0.792. The number of hydrogen-bond acceptors (Lipinski definition) is 6. The predicted molar refractivity (Wildman–Crippen MR) is 95.6 cm³/mol. The van der Waals surface area contributed by atoms with Crippen LogP contribution in [-0.2, 0) is 14.3 Å². The fourth-order valence-corrected chi connectivity index (χ4v) is 2.36. The Morgan fingerprint density at radius 2 is 1.89 bits per heavy atom. The number of esters is 1. The molecular weight excluding hydrogens is 371 g/mol. The number of carbonyl (C=O) groups is 3. The first-order valence-corrected chi connectivity index (χ1v) is 8.32. The second-order valence-corrected chi connectivity index (χ2v) is 5.92. The summed E-state index contributed by atoms with van der Waals surface area (Å²) < 4.78 is 28.6. The van der Waals surface area contributed by atoms with Gasteiger partial charge < -0.3 is 24.8 Å². The van der Waals surface area contributed by atoms with Gasteiger partial charge in [0.2, 0.25) is 6.79 Å². The molecule has 0 radical (unpaired) electrons. The highest BCUT2D eigenvalue weighted by Crippen LogP contribution is 2.32. The molecule has 0 saturated carbocycles. The molecule has 0 fully saturated rings. The van der Waals surface area contributed by atoms with Gasteiger partial charge in [0.25, 0.3) is 11.8 Å². The van der Waals surface area contributed by atoms with Crippen molar-refractivity contribution in [1.82, 2.24) is 5.32 Å². The average Bonchev–Trinajstić information content (AvgIpc) is 3.15. The van der Waals surface area contributed by atoms with E-state index in [-0.39, 0.29) is 18.0 Å². The van der Waals surface area contributed by atoms with Crippen molar-refractivity contribution in [2.24, 2.45) is 0 Å². The van der Waals surface area contributed by atoms with Gasteiger partial charge in [-0.2, -0.15) is 0 Å². The fourth-order valence-electron chi connectivity index (χ4n) is 2.36. The van der Waals surface area contributed by atoms with E-state index in [0.29, 0.717) is 17.1 Å². The van der Waals surface area contributed by atoms with Gasteiger partial charge in [-0.15, -0.1) is 0 Å². The molecule has 0 saturated heterocycles. The van der Waals surface area contributed by atoms with Crippen LogP contribution in [0, 0.1) is 12.7 Å². The first-order valence-electron chi connectivity index (χ1n) is 8.32. The highest BCUT2D eigenvalue weighted by molar-refractivity contribution is 5.97. The average molecular weight is 388 g/mol. The SMILES string of the molecule is Cc1ccc(NC(=O)COC(=O)CNC(=O)c2ccc3c(c2)OCO3)cc1F. The standard InChI is InChI=1S/C19H17FN2O6/c1-11-2-4-13(7-14(11)20)22-17(23)9-26-18(24)8-21-19(25)12-3-5-15-16(6-12)28-10-27-15/h2-7H,8-10H2,1H3,(H,21,25)(H,22,23). The summed E-state index contributed by atoms with van der Waals surface area (Å²) in [7, 11) is 0. The first-order chi connectivity index (χ1) is 13.4. The number of ether oxygens (including phenoxy) is 3. The second kappa shape index (κ2) is 8.38. The number of fused-ring (bicyclic) bond motifs is 1. The zero-order valence-corrected chi connectivity index (χ0v) is 14.9. The molecule has 0 aromatic heterocycles. The third-order valence-corrected chi connectivity index (χ3v) is 3.85. The van der Waals surface area contributed by atoms with Crippen LogP contribution in [0.25, 0.3) is 0 Å². The van der Waals surface area contributed by atoms with Gasteiger partial charge in [-0.05, 0) is 42.8 Å². The third kappa shape index (κ3) is 4.76. The van der Waals surface area contributed by atoms with Gasteiger partial charge >= 0.3 is 5.97 Å². The van der Waals surface area contributed by atoms with Crippen LogP contribution in [0.3, 0.4) is 0 Å². The van der Waals surface area contributed by atoms with E-state index < -0.39 is 36.8 Å². The number of nitrogens with one attached hydrogen (secondary N) is 2. The number of rotatable bonds is 6. The lowest BCUT2D eigenvalue weighted by atomic mass is 10.2. The number of anilines is 1. The summed E-state index contributed by atoms with van der Waals surface area (Å²) in [6, 6.07) is 8.83. The molecule has 2 amide bonds. The van der Waals surface area contributed by atoms with E-state index in [1.165, 1.54) is 30.3 Å². The summed E-state index contributed by atoms with van der Waals surface area (Å²) in [4.78, 5) is 35.5. The lowest BCUT2D eigenvalue weighted by Crippen LogP contribution is -2.32. The summed E-state index contributed by atoms with van der Waals surface area (Å²) in [5.74, 6) is -1.40. The summed E-state index contributed by atoms with van der Waals surface area (Å²) >= 11 is 0. The zero-order chi connectivity index (χ0) is 20.1. The number of amides is 2. The van der Waals surface area contributed by atoms with E-state index in [1.54, 1.807) is 13.0 Å². The van der Waals surface area contributed by atoms with Crippen molar-refractivity contribution in [2.45, 2.75) is 6.92 Å². The van der Waals surface area contributed by atoms with Crippen LogP contribution in [0.5, 0.6) is 11.5 Å². The highest BCUT2D eigenvalue weighted by Gasteiger charge is 2.17. The molecule has 9 heteroatoms. The molecule has 3 rings (SSSR count). The van der Waals surface area contributed by atoms with Crippen LogP contribution in [0.1, 0.15) is 15.9 Å². The Balaban J connectivity index is 1.42. The van der Waals surface area contributed by atoms with Crippen LogP contribution >= 0.6 is 0 Å². The minimum absolute atomic E-state index is 0.0873. The van der Waals surface area contributed by atoms with Gasteiger partial charge in [0, 0.05) is 11.3 Å². The Bertz CT molecular complexity index is 931. The highest BCUT2D eigenvalue weighted by atomic mass is 19.1. The molecule has 0 spiro atoms. The summed E-state index contributed by atoms with van der Waals surface area (Å²) in [6.45, 7) is 0.707. The van der Waals surface area contributed by atoms with Gasteiger partial charge in [0.15, 0.2) is 18.1 Å². The Morgan fingerprint density at radius 1 is 1.11 bits per heavy atom. The van der Waals surface area contributed by atoms with Crippen LogP contribution in [0.2, 0.25) is 0 Å². The third-order valence-electron chi connectivity index (χ3n) is 3.85. The fraction of sp³-hybridized carbons (Fsp3) is 0.211. The predicted octanol–water partition coefficient (Wildman–Crippen LogP) is 1.77. The molecule has 28 heavy (non-hydrogen) atoms. The van der Waals surface area contributed by atoms with Gasteiger partial charge in [-0.25, -0.2) is 4.39 Å². The van der Waals surface area contributed by atoms with Gasteiger partial charge in [0.05, 0.1) is 0 Å². The Labute approximate surface area is 159 Å². The van der Waals surface area contributed by atoms with Crippen LogP contribution < -0.4 is 20.1 Å². The zero-order valence-electron chi connectivity index (χ0n) is 14.9. The maximum atomic E-state index is 13.4. The molecule has 2 N–H and O–H groups in total. The minimum Gasteiger partial charge on any atom is -0.454 e. The normalized spacial score (nSPS) is 11.6. The molecule has 1 heterocycles. The molecule has 0 bridgehead atoms. The maximum Gasteiger partial charge on any atom is 0.325 e. The smallest absolute Gasteiger partial charge is 0.325 e. The Hall–Kier alpha value is -3.62. The number of halogens is 1. The summed E-state index contributed by atoms with van der Waals surface area (Å²) in [5.41, 5.74) is 0.985. The molecule has 146 valence electrons. The van der Waals surface area contributed by atoms with E-state index in [2.05, 4.69) is 10.6 Å². The van der Waals surface area contributed by atoms with E-state index in [1.807, 2.05) is 0 Å². The first kappa shape index (κ1) is 19.2. The van der Waals surface area contributed by atoms with Crippen molar-refractivity contribution in [1.29, 1.82) is 0 Å². The lowest BCUT2D eigenvalue weighted by molar-refractivity contribution is -0.146. The Morgan fingerprint density at radius 3 is 2.68 bits per heavy atom. The quantitative estimate of drug-likeness (QED) is 0.732. The van der Waals surface area contributed by atoms with Crippen molar-refractivity contribution in [3.63, 3.8) is 0 Å². The Kier molecular flexibility index (Phi) is 5.73. The monoisotopic (exact) mass is 388 g/mol. The molecule has 2 aromatic carbocycles. The van der Waals surface area contributed by atoms with Gasteiger partial charge in [0.1, 0.15) is 12.4 Å². The number of aryl methyl sites for hydroxylation is 1. The van der Waals surface area contributed by atoms with E-state index >= 15 is 0 Å². The second-order valence-electron chi connectivity index (χ2n) is 5.92. The van der Waals surface area contributed by atoms with Crippen molar-refractivity contribution >= 4 is 23.5 Å². The molecule has 0 atom stereocenters. The number of hydrogen-bond donors (Lipinski definition) is 2. The van der Waals surface area contributed by atoms with Crippen LogP contribution in [-0.4, -0.2) is 37.7 Å². The topological polar surface area (TPSA) is 103 Å². The number of carbonyl (C=O) groups excluding carboxylic acids is 3. The molecule has 1 aliphatic rings. The molecule has 0 aliphatic carbocycles. The van der Waals surface area contributed by atoms with Crippen molar-refractivity contribution in [3.05, 3.63) is 53.3 Å². The van der Waals surface area contributed by atoms with Crippen molar-refractivity contribution in [2.75, 3.05) is 25.3 Å². The van der Waals surface area contributed by atoms with Crippen LogP contribution in [0.15, 0.2) is 36.4 Å².